The van der Waals surface area contributed by atoms with Crippen LogP contribution in [0.1, 0.15) is 117 Å². The number of rotatable bonds is 37. The lowest BCUT2D eigenvalue weighted by molar-refractivity contribution is -0.143. The number of aromatic amines is 2. The molecule has 0 aliphatic heterocycles. The number of unbranched alkanes of at least 4 members (excludes halogenated alkanes) is 2. The summed E-state index contributed by atoms with van der Waals surface area (Å²) in [4.78, 5) is 140. The SMILES string of the molecule is CC(C)C[C@H](NC(=O)[C@H](CCCCN)NC(=O)[C@H](Cc1cnc[nH]1)NC(=O)[C@H](CCCCN)NC(=O)[C@H](CCCN=C(N)N)NC(=O)[C@H](C)NC(=O)[C@H](Cc1cnc[nH]1)NC(=O)[C@H](CC(C)C)NC(=O)[C@H](C)N)C(=O)O. The van der Waals surface area contributed by atoms with E-state index < -0.39 is 108 Å². The first-order valence-corrected chi connectivity index (χ1v) is 25.8. The maximum absolute atomic E-state index is 14.3. The molecule has 8 amide bonds. The van der Waals surface area contributed by atoms with Crippen LogP contribution < -0.4 is 71.2 Å². The van der Waals surface area contributed by atoms with Crippen molar-refractivity contribution in [2.75, 3.05) is 19.6 Å². The number of carboxylic acids is 1. The lowest BCUT2D eigenvalue weighted by Gasteiger charge is -2.28. The molecular weight excluding hydrogens is 989 g/mol. The van der Waals surface area contributed by atoms with Crippen molar-refractivity contribution in [3.63, 3.8) is 0 Å². The number of H-pyrrole nitrogens is 2. The van der Waals surface area contributed by atoms with Crippen molar-refractivity contribution in [3.8, 4) is 0 Å². The Bertz CT molecular complexity index is 2170. The predicted molar refractivity (Wildman–Crippen MR) is 282 cm³/mol. The lowest BCUT2D eigenvalue weighted by atomic mass is 10.0. The van der Waals surface area contributed by atoms with Crippen molar-refractivity contribution < 1.29 is 48.3 Å². The highest BCUT2D eigenvalue weighted by Crippen LogP contribution is 2.12. The van der Waals surface area contributed by atoms with E-state index in [0.29, 0.717) is 43.6 Å². The van der Waals surface area contributed by atoms with Gasteiger partial charge >= 0.3 is 5.97 Å². The Labute approximate surface area is 443 Å². The monoisotopic (exact) mass is 1070 g/mol. The quantitative estimate of drug-likeness (QED) is 0.0179. The van der Waals surface area contributed by atoms with E-state index in [4.69, 9.17) is 28.7 Å². The van der Waals surface area contributed by atoms with Crippen molar-refractivity contribution in [2.24, 2.45) is 45.5 Å². The Balaban J connectivity index is 2.44. The van der Waals surface area contributed by atoms with Gasteiger partial charge in [-0.25, -0.2) is 14.8 Å². The molecule has 28 nitrogen and oxygen atoms in total. The zero-order valence-corrected chi connectivity index (χ0v) is 44.6. The average Bonchev–Trinajstić information content (AvgIpc) is 4.08. The summed E-state index contributed by atoms with van der Waals surface area (Å²) in [5, 5.41) is 31.0. The van der Waals surface area contributed by atoms with Crippen LogP contribution in [0.15, 0.2) is 30.0 Å². The number of guanidine groups is 1. The molecule has 0 saturated carbocycles. The molecule has 0 aliphatic rings. The highest BCUT2D eigenvalue weighted by atomic mass is 16.4. The Morgan fingerprint density at radius 2 is 0.882 bits per heavy atom. The topological polar surface area (TPSA) is 470 Å². The van der Waals surface area contributed by atoms with Gasteiger partial charge in [-0.2, -0.15) is 0 Å². The van der Waals surface area contributed by atoms with Crippen LogP contribution in [-0.4, -0.2) is 158 Å². The minimum atomic E-state index is -1.37. The van der Waals surface area contributed by atoms with Gasteiger partial charge in [0.25, 0.3) is 0 Å². The summed E-state index contributed by atoms with van der Waals surface area (Å²) in [5.74, 6) is -7.61. The summed E-state index contributed by atoms with van der Waals surface area (Å²) in [5.41, 5.74) is 29.2. The van der Waals surface area contributed by atoms with Crippen LogP contribution in [0.25, 0.3) is 0 Å². The van der Waals surface area contributed by atoms with Gasteiger partial charge in [-0.15, -0.1) is 0 Å². The van der Waals surface area contributed by atoms with Gasteiger partial charge in [0.2, 0.25) is 47.3 Å². The van der Waals surface area contributed by atoms with Crippen LogP contribution >= 0.6 is 0 Å². The van der Waals surface area contributed by atoms with Gasteiger partial charge in [0.1, 0.15) is 48.3 Å². The standard InChI is InChI=1S/C48H84N18O10/c1-26(2)18-35(63-39(67)28(5)51)45(73)65-36(20-30-22-54-24-57-30)44(72)59-29(6)40(68)60-34(14-11-17-56-48(52)53)41(69)61-32(12-7-9-15-49)42(70)64-37(21-31-23-55-25-58-31)46(74)62-33(13-8-10-16-50)43(71)66-38(47(75)76)19-27(3)4/h22-29,32-38H,7-21,49-51H2,1-6H3,(H,54,57)(H,55,58)(H,59,72)(H,60,68)(H,61,69)(H,62,74)(H,63,67)(H,64,70)(H,65,73)(H,66,71)(H,75,76)(H4,52,53,56)/t28-,29-,32-,33-,34-,35-,36-,37-,38-/m0/s1. The number of nitrogens with one attached hydrogen (secondary N) is 10. The van der Waals surface area contributed by atoms with Crippen molar-refractivity contribution in [3.05, 3.63) is 36.4 Å². The first kappa shape index (κ1) is 64.9. The molecule has 21 N–H and O–H groups in total. The third-order valence-corrected chi connectivity index (χ3v) is 11.8. The van der Waals surface area contributed by atoms with E-state index in [1.165, 1.54) is 38.9 Å². The second-order valence-corrected chi connectivity index (χ2v) is 19.6. The van der Waals surface area contributed by atoms with Crippen molar-refractivity contribution in [1.82, 2.24) is 62.5 Å². The molecule has 9 atom stereocenters. The van der Waals surface area contributed by atoms with Crippen LogP contribution in [0, 0.1) is 11.8 Å². The van der Waals surface area contributed by atoms with E-state index in [-0.39, 0.29) is 82.3 Å². The Morgan fingerprint density at radius 3 is 1.28 bits per heavy atom. The normalized spacial score (nSPS) is 14.8. The number of nitrogens with zero attached hydrogens (tertiary/aromatic N) is 3. The predicted octanol–water partition coefficient (Wildman–Crippen LogP) is -3.35. The summed E-state index contributed by atoms with van der Waals surface area (Å²) in [7, 11) is 0. The number of nitrogens with two attached hydrogens (primary N) is 5. The Kier molecular flexibility index (Phi) is 29.4. The summed E-state index contributed by atoms with van der Waals surface area (Å²) in [6.07, 6.45) is 7.67. The minimum absolute atomic E-state index is 0.0290. The molecule has 2 rings (SSSR count). The smallest absolute Gasteiger partial charge is 0.326 e. The fourth-order valence-electron chi connectivity index (χ4n) is 7.68. The van der Waals surface area contributed by atoms with Crippen LogP contribution in [0.3, 0.4) is 0 Å². The molecule has 0 bridgehead atoms. The van der Waals surface area contributed by atoms with E-state index in [1.807, 2.05) is 13.8 Å². The zero-order valence-electron chi connectivity index (χ0n) is 44.6. The zero-order chi connectivity index (χ0) is 56.9. The number of imidazole rings is 2. The van der Waals surface area contributed by atoms with Crippen LogP contribution in [0.2, 0.25) is 0 Å². The highest BCUT2D eigenvalue weighted by Gasteiger charge is 2.35. The number of aromatic nitrogens is 4. The number of amides is 8. The van der Waals surface area contributed by atoms with Gasteiger partial charge in [-0.3, -0.25) is 43.3 Å². The molecule has 0 spiro atoms. The summed E-state index contributed by atoms with van der Waals surface area (Å²) in [6, 6.07) is -11.0. The molecule has 426 valence electrons. The van der Waals surface area contributed by atoms with Gasteiger partial charge in [-0.05, 0) is 103 Å². The fourth-order valence-corrected chi connectivity index (χ4v) is 7.68. The van der Waals surface area contributed by atoms with E-state index in [2.05, 4.69) is 67.5 Å². The van der Waals surface area contributed by atoms with Gasteiger partial charge in [0.05, 0.1) is 18.7 Å². The highest BCUT2D eigenvalue weighted by molar-refractivity contribution is 5.98. The molecule has 0 unspecified atom stereocenters. The van der Waals surface area contributed by atoms with E-state index in [9.17, 15) is 48.3 Å². The molecule has 0 aliphatic carbocycles. The number of carbonyl (C=O) groups excluding carboxylic acids is 8. The second kappa shape index (κ2) is 34.4. The maximum Gasteiger partial charge on any atom is 0.326 e. The maximum atomic E-state index is 14.3. The van der Waals surface area contributed by atoms with Gasteiger partial charge in [0.15, 0.2) is 5.96 Å². The van der Waals surface area contributed by atoms with Gasteiger partial charge in [-0.1, -0.05) is 27.7 Å². The molecule has 2 heterocycles. The molecule has 76 heavy (non-hydrogen) atoms. The molecule has 2 aromatic heterocycles. The molecule has 0 radical (unpaired) electrons. The van der Waals surface area contributed by atoms with Gasteiger partial charge in [0, 0.05) is 43.2 Å². The molecular formula is C48H84N18O10. The van der Waals surface area contributed by atoms with Crippen molar-refractivity contribution in [2.45, 2.75) is 173 Å². The van der Waals surface area contributed by atoms with Crippen LogP contribution in [0.5, 0.6) is 0 Å². The van der Waals surface area contributed by atoms with E-state index in [0.717, 1.165) is 0 Å². The summed E-state index contributed by atoms with van der Waals surface area (Å²) in [6.45, 7) is 10.7. The van der Waals surface area contributed by atoms with Crippen LogP contribution in [-0.2, 0) is 56.0 Å². The number of aliphatic imine (C=N–C) groups is 1. The molecule has 0 fully saturated rings. The third kappa shape index (κ3) is 24.9. The van der Waals surface area contributed by atoms with E-state index >= 15 is 0 Å². The molecule has 0 saturated heterocycles. The largest absolute Gasteiger partial charge is 0.480 e. The lowest BCUT2D eigenvalue weighted by Crippen LogP contribution is -2.60. The number of carbonyl (C=O) groups is 9. The number of hydrogen-bond acceptors (Lipinski definition) is 15. The van der Waals surface area contributed by atoms with Crippen molar-refractivity contribution in [1.29, 1.82) is 0 Å². The Hall–Kier alpha value is -7.20. The van der Waals surface area contributed by atoms with Gasteiger partial charge < -0.3 is 86.3 Å². The molecule has 0 aromatic carbocycles. The molecule has 28 heteroatoms. The minimum Gasteiger partial charge on any atom is -0.480 e. The first-order chi connectivity index (χ1) is 35.9. The second-order valence-electron chi connectivity index (χ2n) is 19.6. The number of aliphatic carboxylic acids is 1. The van der Waals surface area contributed by atoms with Crippen LogP contribution in [0.4, 0.5) is 0 Å². The third-order valence-electron chi connectivity index (χ3n) is 11.8. The number of hydrogen-bond donors (Lipinski definition) is 16. The summed E-state index contributed by atoms with van der Waals surface area (Å²) >= 11 is 0. The van der Waals surface area contributed by atoms with Crippen molar-refractivity contribution >= 4 is 59.2 Å². The number of carboxylic acid groups (broad SMARTS) is 1. The molecule has 2 aromatic rings. The Morgan fingerprint density at radius 1 is 0.513 bits per heavy atom. The fraction of sp³-hybridized carbons (Fsp3) is 0.667. The first-order valence-electron chi connectivity index (χ1n) is 25.8. The van der Waals surface area contributed by atoms with E-state index in [1.54, 1.807) is 13.8 Å². The average molecular weight is 1070 g/mol. The summed E-state index contributed by atoms with van der Waals surface area (Å²) < 4.78 is 0.